The smallest absolute Gasteiger partial charge is 0.333 e. The zero-order valence-electron chi connectivity index (χ0n) is 15.6. The van der Waals surface area contributed by atoms with Crippen LogP contribution in [0.2, 0.25) is 5.02 Å². The number of benzene rings is 2. The highest BCUT2D eigenvalue weighted by Crippen LogP contribution is 2.32. The molecule has 9 heteroatoms. The summed E-state index contributed by atoms with van der Waals surface area (Å²) < 4.78 is 37.6. The van der Waals surface area contributed by atoms with Gasteiger partial charge in [-0.15, -0.1) is 0 Å². The Kier molecular flexibility index (Phi) is 6.32. The lowest BCUT2D eigenvalue weighted by Crippen LogP contribution is -2.36. The molecule has 2 atom stereocenters. The van der Waals surface area contributed by atoms with Gasteiger partial charge in [0.25, 0.3) is 0 Å². The normalized spacial score (nSPS) is 17.5. The van der Waals surface area contributed by atoms with Crippen molar-refractivity contribution in [3.8, 4) is 6.07 Å². The van der Waals surface area contributed by atoms with Crippen molar-refractivity contribution in [2.24, 2.45) is 5.92 Å². The number of rotatable bonds is 5. The maximum atomic E-state index is 12.5. The van der Waals surface area contributed by atoms with E-state index < -0.39 is 36.4 Å². The number of alkyl halides is 3. The average Bonchev–Trinajstić information content (AvgIpc) is 3.04. The van der Waals surface area contributed by atoms with E-state index in [4.69, 9.17) is 11.6 Å². The molecule has 3 rings (SSSR count). The van der Waals surface area contributed by atoms with Crippen LogP contribution < -0.4 is 5.32 Å². The maximum Gasteiger partial charge on any atom is 0.406 e. The largest absolute Gasteiger partial charge is 0.406 e. The number of anilines is 1. The monoisotopic (exact) mass is 435 g/mol. The van der Waals surface area contributed by atoms with Gasteiger partial charge in [-0.25, -0.2) is 0 Å². The van der Waals surface area contributed by atoms with Crippen LogP contribution in [-0.4, -0.2) is 36.0 Å². The van der Waals surface area contributed by atoms with Gasteiger partial charge in [-0.2, -0.15) is 18.4 Å². The number of nitriles is 1. The molecule has 0 saturated carbocycles. The third kappa shape index (κ3) is 5.10. The van der Waals surface area contributed by atoms with E-state index in [0.29, 0.717) is 16.2 Å². The topological polar surface area (TPSA) is 73.2 Å². The maximum absolute atomic E-state index is 12.5. The van der Waals surface area contributed by atoms with Crippen LogP contribution in [0.5, 0.6) is 0 Å². The predicted octanol–water partition coefficient (Wildman–Crippen LogP) is 4.34. The Morgan fingerprint density at radius 2 is 1.97 bits per heavy atom. The molecule has 2 amide bonds. The number of amides is 2. The summed E-state index contributed by atoms with van der Waals surface area (Å²) in [4.78, 5) is 24.8. The minimum Gasteiger partial charge on any atom is -0.333 e. The number of nitrogens with zero attached hydrogens (tertiary/aromatic N) is 2. The zero-order chi connectivity index (χ0) is 21.9. The van der Waals surface area contributed by atoms with Crippen molar-refractivity contribution in [3.05, 3.63) is 64.7 Å². The summed E-state index contributed by atoms with van der Waals surface area (Å²) >= 11 is 6.33. The summed E-state index contributed by atoms with van der Waals surface area (Å²) in [6.45, 7) is -1.66. The first-order chi connectivity index (χ1) is 14.2. The molecule has 5 nitrogen and oxygen atoms in total. The van der Waals surface area contributed by atoms with Gasteiger partial charge in [-0.1, -0.05) is 48.0 Å². The molecule has 1 fully saturated rings. The van der Waals surface area contributed by atoms with Crippen molar-refractivity contribution < 1.29 is 22.8 Å². The molecule has 1 heterocycles. The lowest BCUT2D eigenvalue weighted by Gasteiger charge is -2.18. The van der Waals surface area contributed by atoms with Crippen LogP contribution in [0.3, 0.4) is 0 Å². The SMILES string of the molecule is N#CC(c1ccccc1)c1ccc(NC(=O)C2CC(=O)N(CC(F)(F)F)C2)cc1Cl. The molecule has 1 aliphatic rings. The van der Waals surface area contributed by atoms with Gasteiger partial charge >= 0.3 is 6.18 Å². The van der Waals surface area contributed by atoms with Gasteiger partial charge in [0.05, 0.1) is 17.9 Å². The Hall–Kier alpha value is -3.05. The molecular weight excluding hydrogens is 419 g/mol. The molecule has 0 bridgehead atoms. The van der Waals surface area contributed by atoms with Crippen molar-refractivity contribution in [3.63, 3.8) is 0 Å². The van der Waals surface area contributed by atoms with E-state index in [9.17, 15) is 28.0 Å². The van der Waals surface area contributed by atoms with Gasteiger partial charge in [-0.3, -0.25) is 9.59 Å². The highest BCUT2D eigenvalue weighted by Gasteiger charge is 2.40. The molecular formula is C21H17ClF3N3O2. The number of carbonyl (C=O) groups is 2. The van der Waals surface area contributed by atoms with E-state index >= 15 is 0 Å². The molecule has 2 aromatic carbocycles. The Bertz CT molecular complexity index is 989. The minimum absolute atomic E-state index is 0.268. The third-order valence-corrected chi connectivity index (χ3v) is 5.12. The summed E-state index contributed by atoms with van der Waals surface area (Å²) in [5, 5.41) is 12.4. The Morgan fingerprint density at radius 3 is 2.57 bits per heavy atom. The third-order valence-electron chi connectivity index (χ3n) is 4.80. The van der Waals surface area contributed by atoms with Crippen LogP contribution in [0.4, 0.5) is 18.9 Å². The number of hydrogen-bond acceptors (Lipinski definition) is 3. The first kappa shape index (κ1) is 21.7. The Labute approximate surface area is 176 Å². The quantitative estimate of drug-likeness (QED) is 0.759. The van der Waals surface area contributed by atoms with Crippen molar-refractivity contribution in [1.29, 1.82) is 5.26 Å². The summed E-state index contributed by atoms with van der Waals surface area (Å²) in [5.74, 6) is -2.74. The Morgan fingerprint density at radius 1 is 1.27 bits per heavy atom. The minimum atomic E-state index is -4.51. The van der Waals surface area contributed by atoms with Crippen molar-refractivity contribution in [2.45, 2.75) is 18.5 Å². The van der Waals surface area contributed by atoms with Gasteiger partial charge in [0.1, 0.15) is 6.54 Å². The van der Waals surface area contributed by atoms with Crippen LogP contribution in [-0.2, 0) is 9.59 Å². The number of nitrogens with one attached hydrogen (secondary N) is 1. The number of hydrogen-bond donors (Lipinski definition) is 1. The standard InChI is InChI=1S/C21H17ClF3N3O2/c22-18-9-15(6-7-16(18)17(10-26)13-4-2-1-3-5-13)27-20(30)14-8-19(29)28(11-14)12-21(23,24)25/h1-7,9,14,17H,8,11-12H2,(H,27,30). The van der Waals surface area contributed by atoms with Gasteiger partial charge in [0.2, 0.25) is 11.8 Å². The molecule has 1 saturated heterocycles. The van der Waals surface area contributed by atoms with Crippen molar-refractivity contribution in [1.82, 2.24) is 4.90 Å². The molecule has 1 N–H and O–H groups in total. The second-order valence-electron chi connectivity index (χ2n) is 6.99. The highest BCUT2D eigenvalue weighted by molar-refractivity contribution is 6.31. The highest BCUT2D eigenvalue weighted by atomic mass is 35.5. The van der Waals surface area contributed by atoms with E-state index in [1.807, 2.05) is 30.3 Å². The second kappa shape index (κ2) is 8.76. The first-order valence-electron chi connectivity index (χ1n) is 9.07. The van der Waals surface area contributed by atoms with E-state index in [2.05, 4.69) is 11.4 Å². The van der Waals surface area contributed by atoms with Gasteiger partial charge < -0.3 is 10.2 Å². The van der Waals surface area contributed by atoms with Crippen LogP contribution in [0.1, 0.15) is 23.5 Å². The molecule has 0 spiro atoms. The summed E-state index contributed by atoms with van der Waals surface area (Å²) in [6.07, 6.45) is -4.79. The fourth-order valence-corrected chi connectivity index (χ4v) is 3.66. The van der Waals surface area contributed by atoms with Crippen LogP contribution in [0.25, 0.3) is 0 Å². The van der Waals surface area contributed by atoms with E-state index in [1.165, 1.54) is 6.07 Å². The average molecular weight is 436 g/mol. The molecule has 1 aliphatic heterocycles. The molecule has 156 valence electrons. The number of halogens is 4. The van der Waals surface area contributed by atoms with Crippen LogP contribution in [0, 0.1) is 17.2 Å². The second-order valence-corrected chi connectivity index (χ2v) is 7.40. The molecule has 0 radical (unpaired) electrons. The van der Waals surface area contributed by atoms with E-state index in [1.54, 1.807) is 12.1 Å². The summed E-state index contributed by atoms with van der Waals surface area (Å²) in [5.41, 5.74) is 1.67. The summed E-state index contributed by atoms with van der Waals surface area (Å²) in [7, 11) is 0. The zero-order valence-corrected chi connectivity index (χ0v) is 16.4. The number of likely N-dealkylation sites (tertiary alicyclic amines) is 1. The molecule has 0 aromatic heterocycles. The van der Waals surface area contributed by atoms with Gasteiger partial charge in [0, 0.05) is 23.7 Å². The van der Waals surface area contributed by atoms with Crippen molar-refractivity contribution in [2.75, 3.05) is 18.4 Å². The van der Waals surface area contributed by atoms with E-state index in [-0.39, 0.29) is 18.0 Å². The van der Waals surface area contributed by atoms with E-state index in [0.717, 1.165) is 5.56 Å². The molecule has 0 aliphatic carbocycles. The number of carbonyl (C=O) groups excluding carboxylic acids is 2. The van der Waals surface area contributed by atoms with Crippen molar-refractivity contribution >= 4 is 29.1 Å². The predicted molar refractivity (Wildman–Crippen MR) is 105 cm³/mol. The molecule has 30 heavy (non-hydrogen) atoms. The van der Waals surface area contributed by atoms with Gasteiger partial charge in [0.15, 0.2) is 0 Å². The lowest BCUT2D eigenvalue weighted by atomic mass is 9.92. The molecule has 2 aromatic rings. The fourth-order valence-electron chi connectivity index (χ4n) is 3.37. The summed E-state index contributed by atoms with van der Waals surface area (Å²) in [6, 6.07) is 15.9. The van der Waals surface area contributed by atoms with Crippen LogP contribution in [0.15, 0.2) is 48.5 Å². The lowest BCUT2D eigenvalue weighted by molar-refractivity contribution is -0.157. The first-order valence-corrected chi connectivity index (χ1v) is 9.45. The van der Waals surface area contributed by atoms with Crippen LogP contribution >= 0.6 is 11.6 Å². The molecule has 2 unspecified atom stereocenters. The Balaban J connectivity index is 1.70. The fraction of sp³-hybridized carbons (Fsp3) is 0.286. The van der Waals surface area contributed by atoms with Gasteiger partial charge in [-0.05, 0) is 23.3 Å².